The van der Waals surface area contributed by atoms with Crippen molar-refractivity contribution < 1.29 is 33.6 Å². The van der Waals surface area contributed by atoms with E-state index >= 15 is 0 Å². The molecular formula is C45H49NO7. The van der Waals surface area contributed by atoms with Gasteiger partial charge in [-0.15, -0.1) is 6.58 Å². The molecule has 1 unspecified atom stereocenters. The van der Waals surface area contributed by atoms with Crippen LogP contribution in [0, 0.1) is 0 Å². The first-order valence-electron chi connectivity index (χ1n) is 17.9. The van der Waals surface area contributed by atoms with E-state index in [0.29, 0.717) is 13.0 Å². The Morgan fingerprint density at radius 2 is 0.962 bits per heavy atom. The number of amides is 1. The zero-order valence-corrected chi connectivity index (χ0v) is 30.0. The van der Waals surface area contributed by atoms with Gasteiger partial charge in [-0.05, 0) is 34.2 Å². The third-order valence-electron chi connectivity index (χ3n) is 8.65. The quantitative estimate of drug-likeness (QED) is 0.0698. The minimum Gasteiger partial charge on any atom is -0.445 e. The molecule has 53 heavy (non-hydrogen) atoms. The number of rotatable bonds is 22. The Morgan fingerprint density at radius 1 is 0.566 bits per heavy atom. The lowest BCUT2D eigenvalue weighted by atomic mass is 9.95. The predicted octanol–water partition coefficient (Wildman–Crippen LogP) is 8.19. The summed E-state index contributed by atoms with van der Waals surface area (Å²) < 4.78 is 31.5. The van der Waals surface area contributed by atoms with Crippen LogP contribution < -0.4 is 5.32 Å². The second-order valence-electron chi connectivity index (χ2n) is 12.7. The van der Waals surface area contributed by atoms with Gasteiger partial charge in [0.1, 0.15) is 31.0 Å². The Morgan fingerprint density at radius 3 is 1.42 bits per heavy atom. The van der Waals surface area contributed by atoms with Crippen molar-refractivity contribution in [3.05, 3.63) is 192 Å². The number of benzene rings is 5. The fourth-order valence-corrected chi connectivity index (χ4v) is 5.83. The van der Waals surface area contributed by atoms with Crippen molar-refractivity contribution in [2.45, 2.75) is 69.9 Å². The number of aliphatic hydroxyl groups excluding tert-OH is 1. The molecule has 0 radical (unpaired) electrons. The Kier molecular flexibility index (Phi) is 16.3. The number of hydrogen-bond donors (Lipinski definition) is 2. The molecule has 5 aromatic rings. The first-order valence-corrected chi connectivity index (χ1v) is 17.9. The molecule has 0 aliphatic rings. The molecule has 0 aliphatic carbocycles. The van der Waals surface area contributed by atoms with Crippen molar-refractivity contribution in [1.29, 1.82) is 0 Å². The van der Waals surface area contributed by atoms with Crippen LogP contribution in [0.25, 0.3) is 0 Å². The van der Waals surface area contributed by atoms with Crippen LogP contribution in [0.3, 0.4) is 0 Å². The van der Waals surface area contributed by atoms with E-state index in [1.165, 1.54) is 0 Å². The average Bonchev–Trinajstić information content (AvgIpc) is 3.21. The highest BCUT2D eigenvalue weighted by molar-refractivity contribution is 5.67. The van der Waals surface area contributed by atoms with E-state index in [9.17, 15) is 9.90 Å². The van der Waals surface area contributed by atoms with Gasteiger partial charge >= 0.3 is 6.09 Å². The van der Waals surface area contributed by atoms with Crippen LogP contribution in [0.4, 0.5) is 4.79 Å². The van der Waals surface area contributed by atoms with Crippen molar-refractivity contribution in [3.63, 3.8) is 0 Å². The first kappa shape index (κ1) is 39.1. The summed E-state index contributed by atoms with van der Waals surface area (Å²) in [6.45, 7) is 5.06. The second kappa shape index (κ2) is 22.1. The normalized spacial score (nSPS) is 14.0. The Balaban J connectivity index is 1.44. The van der Waals surface area contributed by atoms with Gasteiger partial charge < -0.3 is 34.1 Å². The fraction of sp³-hybridized carbons (Fsp3) is 0.267. The van der Waals surface area contributed by atoms with Crippen molar-refractivity contribution in [2.24, 2.45) is 0 Å². The van der Waals surface area contributed by atoms with Crippen LogP contribution in [0.5, 0.6) is 0 Å². The van der Waals surface area contributed by atoms with E-state index in [0.717, 1.165) is 27.8 Å². The van der Waals surface area contributed by atoms with Gasteiger partial charge in [-0.2, -0.15) is 0 Å². The van der Waals surface area contributed by atoms with Crippen LogP contribution in [0.1, 0.15) is 34.2 Å². The summed E-state index contributed by atoms with van der Waals surface area (Å²) >= 11 is 0. The highest BCUT2D eigenvalue weighted by Crippen LogP contribution is 2.24. The molecule has 0 spiro atoms. The van der Waals surface area contributed by atoms with Gasteiger partial charge in [0.15, 0.2) is 0 Å². The van der Waals surface area contributed by atoms with E-state index < -0.39 is 36.6 Å². The number of carbonyl (C=O) groups is 1. The molecule has 2 N–H and O–H groups in total. The van der Waals surface area contributed by atoms with Crippen LogP contribution in [0.2, 0.25) is 0 Å². The molecule has 0 aromatic heterocycles. The topological polar surface area (TPSA) is 95.5 Å². The van der Waals surface area contributed by atoms with E-state index in [-0.39, 0.29) is 33.0 Å². The highest BCUT2D eigenvalue weighted by Gasteiger charge is 2.41. The maximum Gasteiger partial charge on any atom is 0.407 e. The van der Waals surface area contributed by atoms with Crippen molar-refractivity contribution in [1.82, 2.24) is 5.32 Å². The smallest absolute Gasteiger partial charge is 0.407 e. The van der Waals surface area contributed by atoms with Crippen LogP contribution in [-0.4, -0.2) is 48.3 Å². The molecule has 0 bridgehead atoms. The highest BCUT2D eigenvalue weighted by atomic mass is 16.6. The maximum absolute atomic E-state index is 13.4. The molecule has 5 rings (SSSR count). The lowest BCUT2D eigenvalue weighted by Gasteiger charge is -2.38. The summed E-state index contributed by atoms with van der Waals surface area (Å²) in [5, 5.41) is 15.4. The summed E-state index contributed by atoms with van der Waals surface area (Å²) in [6, 6.07) is 47.8. The van der Waals surface area contributed by atoms with E-state index in [1.54, 1.807) is 6.08 Å². The molecular weight excluding hydrogens is 666 g/mol. The van der Waals surface area contributed by atoms with Crippen LogP contribution in [-0.2, 0) is 56.7 Å². The summed E-state index contributed by atoms with van der Waals surface area (Å²) in [5.41, 5.74) is 4.62. The second-order valence-corrected chi connectivity index (χ2v) is 12.7. The number of carbonyl (C=O) groups excluding carboxylic acids is 1. The largest absolute Gasteiger partial charge is 0.445 e. The Bertz CT molecular complexity index is 1730. The lowest BCUT2D eigenvalue weighted by Crippen LogP contribution is -2.57. The van der Waals surface area contributed by atoms with Gasteiger partial charge in [0.05, 0.1) is 39.1 Å². The molecule has 8 heteroatoms. The van der Waals surface area contributed by atoms with Gasteiger partial charge in [-0.1, -0.05) is 158 Å². The number of ether oxygens (including phenoxy) is 5. The minimum atomic E-state index is -1.26. The van der Waals surface area contributed by atoms with E-state index in [2.05, 4.69) is 11.9 Å². The molecule has 276 valence electrons. The molecule has 0 fully saturated rings. The number of alkyl carbamates (subject to hydrolysis) is 1. The number of hydrogen-bond acceptors (Lipinski definition) is 7. The van der Waals surface area contributed by atoms with Gasteiger partial charge in [0.2, 0.25) is 0 Å². The average molecular weight is 716 g/mol. The number of aliphatic hydroxyl groups is 1. The molecule has 0 saturated carbocycles. The molecule has 0 saturated heterocycles. The minimum absolute atomic E-state index is 0.0676. The standard InChI is InChI=1S/C45H49NO7/c1-2-18-40(46-45(48)53-33-39-27-16-7-17-28-39)43(51-31-37-23-12-5-13-24-37)44(52-32-38-25-14-6-15-26-38)42(47)41(50-30-36-21-10-4-11-22-36)34-49-29-35-19-8-3-9-20-35/h2-17,19-28,40-44,47H,1,18,29-34H2,(H,46,48)/t40?,41-,42-,43+,44+/m1/s1. The van der Waals surface area contributed by atoms with Crippen LogP contribution in [0.15, 0.2) is 164 Å². The van der Waals surface area contributed by atoms with Gasteiger partial charge in [-0.3, -0.25) is 0 Å². The number of nitrogens with one attached hydrogen (secondary N) is 1. The maximum atomic E-state index is 13.4. The molecule has 0 aliphatic heterocycles. The Hall–Kier alpha value is -5.09. The summed E-state index contributed by atoms with van der Waals surface area (Å²) in [6.07, 6.45) is -2.60. The molecule has 1 amide bonds. The summed E-state index contributed by atoms with van der Waals surface area (Å²) in [4.78, 5) is 13.4. The fourth-order valence-electron chi connectivity index (χ4n) is 5.83. The SMILES string of the molecule is C=CCC(NC(=O)OCc1ccccc1)[C@H](OCc1ccccc1)[C@@H](OCc1ccccc1)[C@H](O)[C@@H](COCc1ccccc1)OCc1ccccc1. The van der Waals surface area contributed by atoms with Crippen LogP contribution >= 0.6 is 0 Å². The van der Waals surface area contributed by atoms with Gasteiger partial charge in [0.25, 0.3) is 0 Å². The zero-order valence-electron chi connectivity index (χ0n) is 30.0. The predicted molar refractivity (Wildman–Crippen MR) is 206 cm³/mol. The van der Waals surface area contributed by atoms with Crippen molar-refractivity contribution in [2.75, 3.05) is 6.61 Å². The van der Waals surface area contributed by atoms with E-state index in [4.69, 9.17) is 23.7 Å². The lowest BCUT2D eigenvalue weighted by molar-refractivity contribution is -0.185. The Labute approximate surface area is 313 Å². The molecule has 5 aromatic carbocycles. The van der Waals surface area contributed by atoms with Gasteiger partial charge in [0, 0.05) is 0 Å². The first-order chi connectivity index (χ1) is 26.1. The van der Waals surface area contributed by atoms with E-state index in [1.807, 2.05) is 152 Å². The zero-order chi connectivity index (χ0) is 36.9. The third-order valence-corrected chi connectivity index (χ3v) is 8.65. The van der Waals surface area contributed by atoms with Gasteiger partial charge in [-0.25, -0.2) is 4.79 Å². The molecule has 5 atom stereocenters. The summed E-state index contributed by atoms with van der Waals surface area (Å²) in [5.74, 6) is 0. The van der Waals surface area contributed by atoms with Crippen molar-refractivity contribution in [3.8, 4) is 0 Å². The van der Waals surface area contributed by atoms with Crippen molar-refractivity contribution >= 4 is 6.09 Å². The third kappa shape index (κ3) is 13.4. The summed E-state index contributed by atoms with van der Waals surface area (Å²) in [7, 11) is 0. The molecule has 8 nitrogen and oxygen atoms in total. The molecule has 0 heterocycles. The monoisotopic (exact) mass is 715 g/mol.